The number of nitrogen functional groups attached to an aromatic ring is 1. The number of hydrogen-bond acceptors (Lipinski definition) is 3. The SMILES string of the molecule is CC(C)c1c(CC2CC3CCC2C3)noc1N. The maximum absolute atomic E-state index is 5.86. The molecular formula is C14H22N2O. The summed E-state index contributed by atoms with van der Waals surface area (Å²) >= 11 is 0. The minimum atomic E-state index is 0.412. The van der Waals surface area contributed by atoms with E-state index in [-0.39, 0.29) is 0 Å². The van der Waals surface area contributed by atoms with E-state index in [9.17, 15) is 0 Å². The number of nitrogens with zero attached hydrogens (tertiary/aromatic N) is 1. The van der Waals surface area contributed by atoms with Crippen LogP contribution in [0.3, 0.4) is 0 Å². The molecule has 3 nitrogen and oxygen atoms in total. The van der Waals surface area contributed by atoms with Crippen molar-refractivity contribution in [3.05, 3.63) is 11.3 Å². The number of nitrogens with two attached hydrogens (primary N) is 1. The van der Waals surface area contributed by atoms with Crippen molar-refractivity contribution < 1.29 is 4.52 Å². The van der Waals surface area contributed by atoms with Gasteiger partial charge in [-0.05, 0) is 49.4 Å². The molecule has 0 aliphatic heterocycles. The summed E-state index contributed by atoms with van der Waals surface area (Å²) in [4.78, 5) is 0. The summed E-state index contributed by atoms with van der Waals surface area (Å²) in [5, 5.41) is 4.18. The second-order valence-electron chi connectivity index (χ2n) is 6.20. The Morgan fingerprint density at radius 2 is 2.18 bits per heavy atom. The smallest absolute Gasteiger partial charge is 0.225 e. The molecule has 2 aliphatic rings. The molecule has 2 saturated carbocycles. The van der Waals surface area contributed by atoms with Gasteiger partial charge in [-0.25, -0.2) is 0 Å². The largest absolute Gasteiger partial charge is 0.367 e. The molecule has 0 amide bonds. The van der Waals surface area contributed by atoms with Gasteiger partial charge in [0.25, 0.3) is 0 Å². The highest BCUT2D eigenvalue weighted by molar-refractivity contribution is 5.41. The molecule has 2 bridgehead atoms. The Balaban J connectivity index is 1.77. The van der Waals surface area contributed by atoms with E-state index < -0.39 is 0 Å². The van der Waals surface area contributed by atoms with Crippen LogP contribution in [-0.4, -0.2) is 5.16 Å². The molecule has 1 aromatic rings. The van der Waals surface area contributed by atoms with Gasteiger partial charge in [-0.15, -0.1) is 0 Å². The highest BCUT2D eigenvalue weighted by Gasteiger charge is 2.40. The van der Waals surface area contributed by atoms with Gasteiger partial charge in [-0.2, -0.15) is 0 Å². The molecule has 3 heteroatoms. The van der Waals surface area contributed by atoms with Gasteiger partial charge < -0.3 is 10.3 Å². The molecule has 3 unspecified atom stereocenters. The first-order valence-electron chi connectivity index (χ1n) is 6.89. The van der Waals surface area contributed by atoms with Crippen molar-refractivity contribution in [1.82, 2.24) is 5.16 Å². The summed E-state index contributed by atoms with van der Waals surface area (Å²) in [5.74, 6) is 3.71. The van der Waals surface area contributed by atoms with Crippen LogP contribution in [0.5, 0.6) is 0 Å². The Labute approximate surface area is 103 Å². The van der Waals surface area contributed by atoms with Crippen molar-refractivity contribution in [2.24, 2.45) is 17.8 Å². The Morgan fingerprint density at radius 3 is 2.76 bits per heavy atom. The topological polar surface area (TPSA) is 52.0 Å². The van der Waals surface area contributed by atoms with Crippen molar-refractivity contribution in [3.63, 3.8) is 0 Å². The quantitative estimate of drug-likeness (QED) is 0.872. The Kier molecular flexibility index (Phi) is 2.64. The van der Waals surface area contributed by atoms with Crippen LogP contribution in [0.2, 0.25) is 0 Å². The second kappa shape index (κ2) is 4.04. The minimum absolute atomic E-state index is 0.412. The lowest BCUT2D eigenvalue weighted by atomic mass is 9.84. The van der Waals surface area contributed by atoms with Gasteiger partial charge in [0, 0.05) is 5.56 Å². The summed E-state index contributed by atoms with van der Waals surface area (Å²) in [7, 11) is 0. The van der Waals surface area contributed by atoms with Gasteiger partial charge in [-0.1, -0.05) is 25.4 Å². The van der Waals surface area contributed by atoms with Crippen molar-refractivity contribution in [3.8, 4) is 0 Å². The molecule has 2 fully saturated rings. The van der Waals surface area contributed by atoms with E-state index in [1.807, 2.05) is 0 Å². The first-order chi connectivity index (χ1) is 8.15. The molecule has 94 valence electrons. The first-order valence-corrected chi connectivity index (χ1v) is 6.89. The third kappa shape index (κ3) is 1.85. The van der Waals surface area contributed by atoms with Crippen molar-refractivity contribution in [1.29, 1.82) is 0 Å². The minimum Gasteiger partial charge on any atom is -0.367 e. The van der Waals surface area contributed by atoms with Crippen LogP contribution in [0.4, 0.5) is 5.88 Å². The lowest BCUT2D eigenvalue weighted by Crippen LogP contribution is -2.14. The highest BCUT2D eigenvalue weighted by Crippen LogP contribution is 2.49. The zero-order valence-electron chi connectivity index (χ0n) is 10.8. The van der Waals surface area contributed by atoms with Crippen LogP contribution in [0.1, 0.15) is 56.7 Å². The van der Waals surface area contributed by atoms with Crippen LogP contribution in [0, 0.1) is 17.8 Å². The maximum Gasteiger partial charge on any atom is 0.225 e. The van der Waals surface area contributed by atoms with Gasteiger partial charge in [0.2, 0.25) is 5.88 Å². The molecular weight excluding hydrogens is 212 g/mol. The van der Waals surface area contributed by atoms with E-state index in [0.29, 0.717) is 11.8 Å². The van der Waals surface area contributed by atoms with Crippen LogP contribution in [-0.2, 0) is 6.42 Å². The fourth-order valence-electron chi connectivity index (χ4n) is 3.98. The Hall–Kier alpha value is -0.990. The van der Waals surface area contributed by atoms with Crippen molar-refractivity contribution in [2.75, 3.05) is 5.73 Å². The third-order valence-corrected chi connectivity index (χ3v) is 4.75. The Bertz CT molecular complexity index is 410. The summed E-state index contributed by atoms with van der Waals surface area (Å²) in [6.45, 7) is 4.32. The van der Waals surface area contributed by atoms with E-state index in [1.165, 1.54) is 25.7 Å². The average Bonchev–Trinajstić information content (AvgIpc) is 2.93. The normalized spacial score (nSPS) is 31.6. The number of rotatable bonds is 3. The highest BCUT2D eigenvalue weighted by atomic mass is 16.5. The monoisotopic (exact) mass is 234 g/mol. The summed E-state index contributed by atoms with van der Waals surface area (Å²) < 4.78 is 5.18. The van der Waals surface area contributed by atoms with Gasteiger partial charge in [0.15, 0.2) is 0 Å². The van der Waals surface area contributed by atoms with Crippen LogP contribution >= 0.6 is 0 Å². The zero-order valence-corrected chi connectivity index (χ0v) is 10.8. The van der Waals surface area contributed by atoms with Crippen LogP contribution in [0.15, 0.2) is 4.52 Å². The fraction of sp³-hybridized carbons (Fsp3) is 0.786. The van der Waals surface area contributed by atoms with E-state index in [4.69, 9.17) is 10.3 Å². The molecule has 1 aromatic heterocycles. The molecule has 0 spiro atoms. The molecule has 1 heterocycles. The molecule has 17 heavy (non-hydrogen) atoms. The molecule has 0 radical (unpaired) electrons. The third-order valence-electron chi connectivity index (χ3n) is 4.75. The molecule has 2 N–H and O–H groups in total. The van der Waals surface area contributed by atoms with Crippen LogP contribution in [0.25, 0.3) is 0 Å². The second-order valence-corrected chi connectivity index (χ2v) is 6.20. The fourth-order valence-corrected chi connectivity index (χ4v) is 3.98. The van der Waals surface area contributed by atoms with Gasteiger partial charge in [0.05, 0.1) is 5.69 Å². The lowest BCUT2D eigenvalue weighted by molar-refractivity contribution is 0.322. The molecule has 0 saturated heterocycles. The van der Waals surface area contributed by atoms with Gasteiger partial charge >= 0.3 is 0 Å². The lowest BCUT2D eigenvalue weighted by Gasteiger charge is -2.21. The average molecular weight is 234 g/mol. The molecule has 2 aliphatic carbocycles. The first kappa shape index (κ1) is 11.1. The summed E-state index contributed by atoms with van der Waals surface area (Å²) in [6.07, 6.45) is 6.82. The number of anilines is 1. The van der Waals surface area contributed by atoms with Crippen molar-refractivity contribution >= 4 is 5.88 Å². The number of hydrogen-bond donors (Lipinski definition) is 1. The Morgan fingerprint density at radius 1 is 1.35 bits per heavy atom. The van der Waals surface area contributed by atoms with Gasteiger partial charge in [0.1, 0.15) is 0 Å². The maximum atomic E-state index is 5.86. The van der Waals surface area contributed by atoms with E-state index >= 15 is 0 Å². The number of fused-ring (bicyclic) bond motifs is 2. The predicted octanol–water partition coefficient (Wildman–Crippen LogP) is 3.36. The van der Waals surface area contributed by atoms with E-state index in [0.717, 1.165) is 35.4 Å². The van der Waals surface area contributed by atoms with Crippen LogP contribution < -0.4 is 5.73 Å². The molecule has 3 rings (SSSR count). The summed E-state index contributed by atoms with van der Waals surface area (Å²) in [5.41, 5.74) is 8.13. The predicted molar refractivity (Wildman–Crippen MR) is 67.6 cm³/mol. The van der Waals surface area contributed by atoms with Gasteiger partial charge in [-0.3, -0.25) is 0 Å². The molecule has 0 aromatic carbocycles. The van der Waals surface area contributed by atoms with E-state index in [1.54, 1.807) is 0 Å². The molecule has 3 atom stereocenters. The zero-order chi connectivity index (χ0) is 12.0. The summed E-state index contributed by atoms with van der Waals surface area (Å²) in [6, 6.07) is 0. The van der Waals surface area contributed by atoms with Crippen molar-refractivity contribution in [2.45, 2.75) is 51.9 Å². The number of aromatic nitrogens is 1. The van der Waals surface area contributed by atoms with E-state index in [2.05, 4.69) is 19.0 Å². The standard InChI is InChI=1S/C14H22N2O/c1-8(2)13-12(16-17-14(13)15)7-11-6-9-3-4-10(11)5-9/h8-11H,3-7,15H2,1-2H3.